The normalized spacial score (nSPS) is 11.1. The van der Waals surface area contributed by atoms with E-state index in [1.165, 1.54) is 0 Å². The Morgan fingerprint density at radius 1 is 1.33 bits per heavy atom. The number of ether oxygens (including phenoxy) is 1. The average molecular weight is 247 g/mol. The van der Waals surface area contributed by atoms with Gasteiger partial charge in [-0.15, -0.1) is 0 Å². The summed E-state index contributed by atoms with van der Waals surface area (Å²) in [6.45, 7) is 2.93. The number of rotatable bonds is 4. The Kier molecular flexibility index (Phi) is 3.67. The highest BCUT2D eigenvalue weighted by atomic mass is 16.5. The van der Waals surface area contributed by atoms with Gasteiger partial charge in [0.1, 0.15) is 12.2 Å². The maximum absolute atomic E-state index is 11.9. The number of furan rings is 1. The van der Waals surface area contributed by atoms with Crippen LogP contribution in [0.2, 0.25) is 0 Å². The first-order chi connectivity index (χ1) is 8.59. The molecule has 0 aliphatic carbocycles. The average Bonchev–Trinajstić information content (AvgIpc) is 2.67. The zero-order valence-corrected chi connectivity index (χ0v) is 10.9. The predicted molar refractivity (Wildman–Crippen MR) is 69.8 cm³/mol. The molecule has 2 rings (SSSR count). The molecule has 0 fully saturated rings. The third-order valence-corrected chi connectivity index (χ3v) is 2.80. The van der Waals surface area contributed by atoms with E-state index in [-0.39, 0.29) is 0 Å². The quantitative estimate of drug-likeness (QED) is 0.778. The van der Waals surface area contributed by atoms with Crippen LogP contribution in [0.5, 0.6) is 0 Å². The Labute approximate surface area is 106 Å². The van der Waals surface area contributed by atoms with E-state index in [4.69, 9.17) is 9.15 Å². The zero-order valence-electron chi connectivity index (χ0n) is 10.9. The van der Waals surface area contributed by atoms with Crippen LogP contribution in [0.25, 0.3) is 11.0 Å². The zero-order chi connectivity index (χ0) is 13.1. The monoisotopic (exact) mass is 247 g/mol. The minimum Gasteiger partial charge on any atom is -0.458 e. The third-order valence-electron chi connectivity index (χ3n) is 2.80. The number of para-hydroxylation sites is 1. The highest BCUT2D eigenvalue weighted by molar-refractivity contribution is 5.95. The lowest BCUT2D eigenvalue weighted by atomic mass is 10.1. The Bertz CT molecular complexity index is 557. The summed E-state index contributed by atoms with van der Waals surface area (Å²) in [7, 11) is 3.86. The molecule has 0 spiro atoms. The summed E-state index contributed by atoms with van der Waals surface area (Å²) in [5.74, 6) is -0.0968. The van der Waals surface area contributed by atoms with Gasteiger partial charge in [0, 0.05) is 17.5 Å². The van der Waals surface area contributed by atoms with Crippen molar-refractivity contribution < 1.29 is 13.9 Å². The molecule has 96 valence electrons. The summed E-state index contributed by atoms with van der Waals surface area (Å²) in [6.07, 6.45) is 0. The second-order valence-corrected chi connectivity index (χ2v) is 4.49. The number of benzene rings is 1. The topological polar surface area (TPSA) is 42.7 Å². The molecule has 4 heteroatoms. The number of hydrogen-bond donors (Lipinski definition) is 0. The molecule has 0 bridgehead atoms. The van der Waals surface area contributed by atoms with Crippen molar-refractivity contribution in [2.75, 3.05) is 27.2 Å². The minimum absolute atomic E-state index is 0.301. The minimum atomic E-state index is -0.398. The Hall–Kier alpha value is -1.81. The summed E-state index contributed by atoms with van der Waals surface area (Å²) in [6, 6.07) is 7.59. The second kappa shape index (κ2) is 5.23. The smallest absolute Gasteiger partial charge is 0.374 e. The van der Waals surface area contributed by atoms with Gasteiger partial charge in [0.2, 0.25) is 5.76 Å². The summed E-state index contributed by atoms with van der Waals surface area (Å²) >= 11 is 0. The van der Waals surface area contributed by atoms with Crippen molar-refractivity contribution >= 4 is 16.9 Å². The molecule has 0 amide bonds. The van der Waals surface area contributed by atoms with Crippen LogP contribution in [0.15, 0.2) is 28.7 Å². The Morgan fingerprint density at radius 2 is 2.06 bits per heavy atom. The fourth-order valence-corrected chi connectivity index (χ4v) is 1.76. The van der Waals surface area contributed by atoms with Gasteiger partial charge in [0.05, 0.1) is 0 Å². The highest BCUT2D eigenvalue weighted by Gasteiger charge is 2.18. The van der Waals surface area contributed by atoms with Crippen molar-refractivity contribution in [1.29, 1.82) is 0 Å². The predicted octanol–water partition coefficient (Wildman–Crippen LogP) is 2.46. The third kappa shape index (κ3) is 2.54. The lowest BCUT2D eigenvalue weighted by Gasteiger charge is -2.09. The highest BCUT2D eigenvalue weighted by Crippen LogP contribution is 2.25. The molecular formula is C14H17NO3. The maximum atomic E-state index is 11.9. The standard InChI is InChI=1S/C14H17NO3/c1-10-11-6-4-5-7-12(11)18-13(10)14(16)17-9-8-15(2)3/h4-7H,8-9H2,1-3H3. The Morgan fingerprint density at radius 3 is 2.72 bits per heavy atom. The van der Waals surface area contributed by atoms with Gasteiger partial charge in [-0.25, -0.2) is 4.79 Å². The van der Waals surface area contributed by atoms with E-state index in [1.54, 1.807) is 0 Å². The number of nitrogens with zero attached hydrogens (tertiary/aromatic N) is 1. The van der Waals surface area contributed by atoms with E-state index >= 15 is 0 Å². The van der Waals surface area contributed by atoms with Crippen LogP contribution in [0, 0.1) is 6.92 Å². The van der Waals surface area contributed by atoms with Crippen LogP contribution < -0.4 is 0 Å². The molecule has 0 radical (unpaired) electrons. The first kappa shape index (κ1) is 12.6. The summed E-state index contributed by atoms with van der Waals surface area (Å²) < 4.78 is 10.7. The van der Waals surface area contributed by atoms with Crippen LogP contribution >= 0.6 is 0 Å². The number of carbonyl (C=O) groups excluding carboxylic acids is 1. The lowest BCUT2D eigenvalue weighted by molar-refractivity contribution is 0.0447. The van der Waals surface area contributed by atoms with Gasteiger partial charge in [0.25, 0.3) is 0 Å². The van der Waals surface area contributed by atoms with Crippen molar-refractivity contribution in [3.63, 3.8) is 0 Å². The van der Waals surface area contributed by atoms with Crippen molar-refractivity contribution in [2.45, 2.75) is 6.92 Å². The first-order valence-electron chi connectivity index (χ1n) is 5.89. The molecule has 0 atom stereocenters. The van der Waals surface area contributed by atoms with Gasteiger partial charge >= 0.3 is 5.97 Å². The Balaban J connectivity index is 2.15. The van der Waals surface area contributed by atoms with Gasteiger partial charge in [0.15, 0.2) is 0 Å². The number of likely N-dealkylation sites (N-methyl/N-ethyl adjacent to an activating group) is 1. The van der Waals surface area contributed by atoms with Gasteiger partial charge in [-0.2, -0.15) is 0 Å². The number of aryl methyl sites for hydroxylation is 1. The fraction of sp³-hybridized carbons (Fsp3) is 0.357. The van der Waals surface area contributed by atoms with Crippen molar-refractivity contribution in [3.05, 3.63) is 35.6 Å². The number of esters is 1. The number of hydrogen-bond acceptors (Lipinski definition) is 4. The van der Waals surface area contributed by atoms with Gasteiger partial charge < -0.3 is 14.1 Å². The second-order valence-electron chi connectivity index (χ2n) is 4.49. The molecule has 0 saturated carbocycles. The summed E-state index contributed by atoms with van der Waals surface area (Å²) in [5.41, 5.74) is 1.55. The fourth-order valence-electron chi connectivity index (χ4n) is 1.76. The molecule has 4 nitrogen and oxygen atoms in total. The van der Waals surface area contributed by atoms with Crippen molar-refractivity contribution in [2.24, 2.45) is 0 Å². The summed E-state index contributed by atoms with van der Waals surface area (Å²) in [5, 5.41) is 0.956. The van der Waals surface area contributed by atoms with Crippen molar-refractivity contribution in [1.82, 2.24) is 4.90 Å². The van der Waals surface area contributed by atoms with E-state index in [1.807, 2.05) is 50.2 Å². The molecule has 18 heavy (non-hydrogen) atoms. The molecule has 0 unspecified atom stereocenters. The molecule has 1 heterocycles. The molecule has 0 N–H and O–H groups in total. The van der Waals surface area contributed by atoms with Crippen LogP contribution in [0.4, 0.5) is 0 Å². The first-order valence-corrected chi connectivity index (χ1v) is 5.89. The molecule has 0 aliphatic heterocycles. The van der Waals surface area contributed by atoms with E-state index in [2.05, 4.69) is 0 Å². The molecular weight excluding hydrogens is 230 g/mol. The summed E-state index contributed by atoms with van der Waals surface area (Å²) in [4.78, 5) is 13.8. The van der Waals surface area contributed by atoms with Crippen LogP contribution in [0.3, 0.4) is 0 Å². The largest absolute Gasteiger partial charge is 0.458 e. The van der Waals surface area contributed by atoms with Crippen LogP contribution in [-0.4, -0.2) is 38.1 Å². The van der Waals surface area contributed by atoms with E-state index < -0.39 is 5.97 Å². The van der Waals surface area contributed by atoms with Crippen LogP contribution in [0.1, 0.15) is 16.1 Å². The van der Waals surface area contributed by atoms with Crippen molar-refractivity contribution in [3.8, 4) is 0 Å². The van der Waals surface area contributed by atoms with Gasteiger partial charge in [-0.05, 0) is 27.1 Å². The lowest BCUT2D eigenvalue weighted by Crippen LogP contribution is -2.20. The van der Waals surface area contributed by atoms with E-state index in [0.717, 1.165) is 16.5 Å². The van der Waals surface area contributed by atoms with Gasteiger partial charge in [-0.3, -0.25) is 0 Å². The SMILES string of the molecule is Cc1c(C(=O)OCCN(C)C)oc2ccccc12. The molecule has 0 saturated heterocycles. The maximum Gasteiger partial charge on any atom is 0.374 e. The van der Waals surface area contributed by atoms with Crippen LogP contribution in [-0.2, 0) is 4.74 Å². The van der Waals surface area contributed by atoms with Gasteiger partial charge in [-0.1, -0.05) is 18.2 Å². The molecule has 1 aromatic heterocycles. The van der Waals surface area contributed by atoms with E-state index in [9.17, 15) is 4.79 Å². The number of carbonyl (C=O) groups is 1. The molecule has 0 aliphatic rings. The van der Waals surface area contributed by atoms with E-state index in [0.29, 0.717) is 18.9 Å². The molecule has 1 aromatic carbocycles. The number of fused-ring (bicyclic) bond motifs is 1. The molecule has 2 aromatic rings.